The maximum Gasteiger partial charge on any atom is 0.168 e. The van der Waals surface area contributed by atoms with Gasteiger partial charge in [0.1, 0.15) is 13.2 Å². The van der Waals surface area contributed by atoms with Crippen molar-refractivity contribution in [2.45, 2.75) is 19.3 Å². The Morgan fingerprint density at radius 2 is 1.81 bits per heavy atom. The van der Waals surface area contributed by atoms with Crippen molar-refractivity contribution in [3.05, 3.63) is 59.7 Å². The molecule has 26 heavy (non-hydrogen) atoms. The maximum absolute atomic E-state index is 12.6. The second-order valence-corrected chi connectivity index (χ2v) is 7.43. The third-order valence-electron chi connectivity index (χ3n) is 5.60. The third-order valence-corrected chi connectivity index (χ3v) is 5.60. The van der Waals surface area contributed by atoms with E-state index < -0.39 is 0 Å². The number of ketones is 1. The van der Waals surface area contributed by atoms with E-state index in [1.165, 1.54) is 10.5 Å². The van der Waals surface area contributed by atoms with Crippen molar-refractivity contribution in [1.29, 1.82) is 0 Å². The molecule has 0 aliphatic carbocycles. The summed E-state index contributed by atoms with van der Waals surface area (Å²) in [5.74, 6) is 2.85. The lowest BCUT2D eigenvalue weighted by atomic mass is 9.90. The van der Waals surface area contributed by atoms with E-state index in [-0.39, 0.29) is 5.78 Å². The summed E-state index contributed by atoms with van der Waals surface area (Å²) in [6.07, 6.45) is 0.573. The zero-order valence-corrected chi connectivity index (χ0v) is 15.2. The van der Waals surface area contributed by atoms with Gasteiger partial charge in [0.15, 0.2) is 17.3 Å². The van der Waals surface area contributed by atoms with Gasteiger partial charge in [0.05, 0.1) is 26.1 Å². The zero-order valence-electron chi connectivity index (χ0n) is 15.2. The minimum absolute atomic E-state index is 0.185. The minimum Gasteiger partial charge on any atom is -0.486 e. The van der Waals surface area contributed by atoms with Crippen LogP contribution in [0, 0.1) is 5.92 Å². The normalized spacial score (nSPS) is 24.4. The predicted octanol–water partition coefficient (Wildman–Crippen LogP) is 2.35. The number of quaternary nitrogens is 1. The van der Waals surface area contributed by atoms with Gasteiger partial charge in [-0.2, -0.15) is 0 Å². The Hall–Kier alpha value is -2.33. The fraction of sp³-hybridized carbons (Fsp3) is 0.409. The molecule has 4 nitrogen and oxygen atoms in total. The van der Waals surface area contributed by atoms with E-state index in [2.05, 4.69) is 37.3 Å². The van der Waals surface area contributed by atoms with Crippen molar-refractivity contribution < 1.29 is 19.2 Å². The van der Waals surface area contributed by atoms with Gasteiger partial charge in [-0.15, -0.1) is 0 Å². The molecule has 2 aliphatic heterocycles. The quantitative estimate of drug-likeness (QED) is 0.840. The molecule has 2 aromatic carbocycles. The number of fused-ring (bicyclic) bond motifs is 1. The number of ether oxygens (including phenoxy) is 2. The van der Waals surface area contributed by atoms with E-state index in [9.17, 15) is 4.79 Å². The van der Waals surface area contributed by atoms with Crippen LogP contribution in [0.3, 0.4) is 0 Å². The van der Waals surface area contributed by atoms with Crippen LogP contribution in [0.1, 0.15) is 35.2 Å². The van der Waals surface area contributed by atoms with Gasteiger partial charge < -0.3 is 14.4 Å². The summed E-state index contributed by atoms with van der Waals surface area (Å²) in [5, 5.41) is 0. The van der Waals surface area contributed by atoms with Crippen molar-refractivity contribution in [2.75, 3.05) is 32.8 Å². The molecule has 0 aromatic heterocycles. The average molecular weight is 352 g/mol. The highest BCUT2D eigenvalue weighted by Crippen LogP contribution is 2.31. The molecule has 1 saturated heterocycles. The molecular formula is C22H26NO3+. The molecule has 4 heteroatoms. The molecule has 3 atom stereocenters. The standard InChI is InChI=1S/C22H25NO3/c1-16-14-23(15-19(16)17-5-3-2-4-6-17)10-9-20(24)18-7-8-21-22(13-18)26-12-11-25-21/h2-8,13,16,19H,9-12,14-15H2,1H3/p+1/t16-,19+/m1/s1. The molecule has 0 bridgehead atoms. The highest BCUT2D eigenvalue weighted by Gasteiger charge is 2.34. The van der Waals surface area contributed by atoms with Crippen LogP contribution >= 0.6 is 0 Å². The van der Waals surface area contributed by atoms with Gasteiger partial charge in [-0.1, -0.05) is 37.3 Å². The van der Waals surface area contributed by atoms with E-state index in [0.29, 0.717) is 37.2 Å². The number of hydrogen-bond acceptors (Lipinski definition) is 3. The number of likely N-dealkylation sites (tertiary alicyclic amines) is 1. The van der Waals surface area contributed by atoms with Crippen LogP contribution in [-0.4, -0.2) is 38.6 Å². The Morgan fingerprint density at radius 1 is 1.04 bits per heavy atom. The van der Waals surface area contributed by atoms with Crippen molar-refractivity contribution in [2.24, 2.45) is 5.92 Å². The largest absolute Gasteiger partial charge is 0.486 e. The SMILES string of the molecule is C[C@@H]1C[NH+](CCC(=O)c2ccc3c(c2)OCCO3)C[C@@H]1c1ccccc1. The summed E-state index contributed by atoms with van der Waals surface area (Å²) in [5.41, 5.74) is 2.15. The van der Waals surface area contributed by atoms with Gasteiger partial charge in [-0.25, -0.2) is 0 Å². The summed E-state index contributed by atoms with van der Waals surface area (Å²) in [7, 11) is 0. The predicted molar refractivity (Wildman–Crippen MR) is 100 cm³/mol. The molecule has 1 unspecified atom stereocenters. The van der Waals surface area contributed by atoms with Crippen LogP contribution in [0.5, 0.6) is 11.5 Å². The fourth-order valence-corrected chi connectivity index (χ4v) is 4.20. The molecule has 0 saturated carbocycles. The van der Waals surface area contributed by atoms with Gasteiger partial charge in [-0.05, 0) is 23.8 Å². The number of nitrogens with one attached hydrogen (secondary N) is 1. The first-order chi connectivity index (χ1) is 12.7. The molecule has 0 amide bonds. The van der Waals surface area contributed by atoms with Crippen LogP contribution < -0.4 is 14.4 Å². The number of benzene rings is 2. The highest BCUT2D eigenvalue weighted by molar-refractivity contribution is 5.96. The first-order valence-electron chi connectivity index (χ1n) is 9.52. The molecule has 1 N–H and O–H groups in total. The topological polar surface area (TPSA) is 40.0 Å². The van der Waals surface area contributed by atoms with E-state index in [1.807, 2.05) is 18.2 Å². The van der Waals surface area contributed by atoms with Crippen LogP contribution in [0.25, 0.3) is 0 Å². The Balaban J connectivity index is 1.35. The number of Topliss-reactive ketones (excluding diaryl/α,β-unsaturated/α-hetero) is 1. The second-order valence-electron chi connectivity index (χ2n) is 7.43. The second kappa shape index (κ2) is 7.50. The average Bonchev–Trinajstić information content (AvgIpc) is 3.07. The lowest BCUT2D eigenvalue weighted by molar-refractivity contribution is -0.888. The summed E-state index contributed by atoms with van der Waals surface area (Å²) >= 11 is 0. The van der Waals surface area contributed by atoms with Crippen molar-refractivity contribution in [1.82, 2.24) is 0 Å². The van der Waals surface area contributed by atoms with Gasteiger partial charge in [0.2, 0.25) is 0 Å². The Morgan fingerprint density at radius 3 is 2.62 bits per heavy atom. The van der Waals surface area contributed by atoms with E-state index in [0.717, 1.165) is 30.9 Å². The van der Waals surface area contributed by atoms with Crippen LogP contribution in [0.2, 0.25) is 0 Å². The smallest absolute Gasteiger partial charge is 0.168 e. The summed E-state index contributed by atoms with van der Waals surface area (Å²) in [4.78, 5) is 14.1. The minimum atomic E-state index is 0.185. The Kier molecular flexibility index (Phi) is 4.93. The molecule has 2 heterocycles. The summed E-state index contributed by atoms with van der Waals surface area (Å²) < 4.78 is 11.1. The molecule has 1 fully saturated rings. The first kappa shape index (κ1) is 17.1. The molecular weight excluding hydrogens is 326 g/mol. The van der Waals surface area contributed by atoms with Gasteiger partial charge in [-0.3, -0.25) is 4.79 Å². The van der Waals surface area contributed by atoms with Crippen LogP contribution in [-0.2, 0) is 0 Å². The van der Waals surface area contributed by atoms with E-state index in [1.54, 1.807) is 0 Å². The van der Waals surface area contributed by atoms with Gasteiger partial charge in [0, 0.05) is 17.4 Å². The molecule has 4 rings (SSSR count). The van der Waals surface area contributed by atoms with Crippen molar-refractivity contribution in [3.63, 3.8) is 0 Å². The highest BCUT2D eigenvalue weighted by atomic mass is 16.6. The number of carbonyl (C=O) groups is 1. The van der Waals surface area contributed by atoms with Crippen LogP contribution in [0.4, 0.5) is 0 Å². The number of rotatable bonds is 5. The molecule has 2 aliphatic rings. The van der Waals surface area contributed by atoms with Crippen LogP contribution in [0.15, 0.2) is 48.5 Å². The Labute approximate surface area is 154 Å². The third kappa shape index (κ3) is 3.61. The van der Waals surface area contributed by atoms with Crippen molar-refractivity contribution >= 4 is 5.78 Å². The van der Waals surface area contributed by atoms with Crippen molar-refractivity contribution in [3.8, 4) is 11.5 Å². The molecule has 0 spiro atoms. The number of carbonyl (C=O) groups excluding carboxylic acids is 1. The van der Waals surface area contributed by atoms with E-state index >= 15 is 0 Å². The molecule has 136 valence electrons. The van der Waals surface area contributed by atoms with E-state index in [4.69, 9.17) is 9.47 Å². The monoisotopic (exact) mass is 352 g/mol. The zero-order chi connectivity index (χ0) is 17.9. The molecule has 2 aromatic rings. The van der Waals surface area contributed by atoms with Gasteiger partial charge in [0.25, 0.3) is 0 Å². The fourth-order valence-electron chi connectivity index (χ4n) is 4.20. The maximum atomic E-state index is 12.6. The lowest BCUT2D eigenvalue weighted by Crippen LogP contribution is -3.10. The molecule has 0 radical (unpaired) electrons. The summed E-state index contributed by atoms with van der Waals surface area (Å²) in [6, 6.07) is 16.3. The van der Waals surface area contributed by atoms with Gasteiger partial charge >= 0.3 is 0 Å². The Bertz CT molecular complexity index is 774. The summed E-state index contributed by atoms with van der Waals surface area (Å²) in [6.45, 7) is 6.57. The first-order valence-corrected chi connectivity index (χ1v) is 9.52. The number of hydrogen-bond donors (Lipinski definition) is 1. The lowest BCUT2D eigenvalue weighted by Gasteiger charge is -2.18.